The highest BCUT2D eigenvalue weighted by Gasteiger charge is 2.40. The van der Waals surface area contributed by atoms with Crippen molar-refractivity contribution in [1.82, 2.24) is 4.31 Å². The van der Waals surface area contributed by atoms with Crippen molar-refractivity contribution in [1.29, 1.82) is 0 Å². The maximum atomic E-state index is 13.3. The van der Waals surface area contributed by atoms with Crippen molar-refractivity contribution < 1.29 is 28.2 Å². The van der Waals surface area contributed by atoms with E-state index in [4.69, 9.17) is 9.84 Å². The number of carboxylic acids is 1. The summed E-state index contributed by atoms with van der Waals surface area (Å²) in [4.78, 5) is 11.1. The van der Waals surface area contributed by atoms with Gasteiger partial charge >= 0.3 is 5.97 Å². The van der Waals surface area contributed by atoms with Crippen LogP contribution in [0.25, 0.3) is 10.8 Å². The molecule has 8 heteroatoms. The van der Waals surface area contributed by atoms with Gasteiger partial charge in [-0.1, -0.05) is 54.6 Å². The molecular weight excluding hydrogens is 418 g/mol. The SMILES string of the molecule is O=C(O)COc1ccccc1C1(O)CCN(S(=O)(=O)c2cccc3ccccc23)CC1. The fourth-order valence-electron chi connectivity index (χ4n) is 4.04. The summed E-state index contributed by atoms with van der Waals surface area (Å²) >= 11 is 0. The van der Waals surface area contributed by atoms with E-state index in [9.17, 15) is 18.3 Å². The molecule has 0 aromatic heterocycles. The number of piperidine rings is 1. The monoisotopic (exact) mass is 441 g/mol. The molecule has 162 valence electrons. The van der Waals surface area contributed by atoms with Crippen LogP contribution in [0.4, 0.5) is 0 Å². The molecule has 0 amide bonds. The molecule has 1 saturated heterocycles. The smallest absolute Gasteiger partial charge is 0.341 e. The van der Waals surface area contributed by atoms with Crippen LogP contribution in [-0.4, -0.2) is 48.6 Å². The van der Waals surface area contributed by atoms with Gasteiger partial charge in [0.2, 0.25) is 10.0 Å². The maximum Gasteiger partial charge on any atom is 0.341 e. The largest absolute Gasteiger partial charge is 0.482 e. The zero-order valence-corrected chi connectivity index (χ0v) is 17.6. The molecule has 31 heavy (non-hydrogen) atoms. The quantitative estimate of drug-likeness (QED) is 0.610. The number of fused-ring (bicyclic) bond motifs is 1. The van der Waals surface area contributed by atoms with Crippen LogP contribution in [0.1, 0.15) is 18.4 Å². The first-order chi connectivity index (χ1) is 14.8. The van der Waals surface area contributed by atoms with Crippen LogP contribution < -0.4 is 4.74 Å². The summed E-state index contributed by atoms with van der Waals surface area (Å²) in [5.41, 5.74) is -0.835. The van der Waals surface area contributed by atoms with Crippen LogP contribution in [0, 0.1) is 0 Å². The van der Waals surface area contributed by atoms with Crippen LogP contribution in [0.3, 0.4) is 0 Å². The number of para-hydroxylation sites is 1. The van der Waals surface area contributed by atoms with Gasteiger partial charge in [0, 0.05) is 24.0 Å². The van der Waals surface area contributed by atoms with Crippen molar-refractivity contribution in [3.63, 3.8) is 0 Å². The van der Waals surface area contributed by atoms with Gasteiger partial charge in [-0.3, -0.25) is 0 Å². The Bertz CT molecular complexity index is 1210. The Labute approximate surface area is 180 Å². The lowest BCUT2D eigenvalue weighted by Gasteiger charge is -2.38. The predicted molar refractivity (Wildman–Crippen MR) is 115 cm³/mol. The molecule has 0 radical (unpaired) electrons. The van der Waals surface area contributed by atoms with Crippen molar-refractivity contribution >= 4 is 26.8 Å². The molecule has 4 rings (SSSR count). The minimum Gasteiger partial charge on any atom is -0.482 e. The van der Waals surface area contributed by atoms with E-state index < -0.39 is 28.2 Å². The molecule has 0 bridgehead atoms. The minimum atomic E-state index is -3.74. The Morgan fingerprint density at radius 3 is 2.35 bits per heavy atom. The second-order valence-corrected chi connectivity index (χ2v) is 9.50. The second kappa shape index (κ2) is 8.30. The van der Waals surface area contributed by atoms with E-state index in [1.165, 1.54) is 4.31 Å². The molecule has 0 unspecified atom stereocenters. The number of ether oxygens (including phenoxy) is 1. The maximum absolute atomic E-state index is 13.3. The van der Waals surface area contributed by atoms with Crippen LogP contribution >= 0.6 is 0 Å². The number of nitrogens with zero attached hydrogens (tertiary/aromatic N) is 1. The van der Waals surface area contributed by atoms with Gasteiger partial charge in [-0.2, -0.15) is 4.31 Å². The Balaban J connectivity index is 1.58. The fourth-order valence-corrected chi connectivity index (χ4v) is 5.70. The van der Waals surface area contributed by atoms with E-state index in [0.717, 1.165) is 5.39 Å². The van der Waals surface area contributed by atoms with Crippen LogP contribution in [-0.2, 0) is 20.4 Å². The third-order valence-electron chi connectivity index (χ3n) is 5.66. The number of hydrogen-bond acceptors (Lipinski definition) is 5. The van der Waals surface area contributed by atoms with Gasteiger partial charge in [0.25, 0.3) is 0 Å². The molecule has 2 N–H and O–H groups in total. The highest BCUT2D eigenvalue weighted by molar-refractivity contribution is 7.89. The first-order valence-electron chi connectivity index (χ1n) is 9.96. The molecule has 0 spiro atoms. The van der Waals surface area contributed by atoms with E-state index in [2.05, 4.69) is 0 Å². The number of aliphatic carboxylic acids is 1. The van der Waals surface area contributed by atoms with Gasteiger partial charge in [-0.05, 0) is 30.4 Å². The molecule has 1 aliphatic rings. The number of rotatable bonds is 6. The lowest BCUT2D eigenvalue weighted by Crippen LogP contribution is -2.45. The average molecular weight is 442 g/mol. The molecule has 3 aromatic rings. The molecule has 0 aliphatic carbocycles. The third kappa shape index (κ3) is 4.14. The topological polar surface area (TPSA) is 104 Å². The molecule has 1 fully saturated rings. The van der Waals surface area contributed by atoms with Crippen molar-refractivity contribution in [3.05, 3.63) is 72.3 Å². The lowest BCUT2D eigenvalue weighted by molar-refractivity contribution is -0.139. The van der Waals surface area contributed by atoms with Crippen molar-refractivity contribution in [2.75, 3.05) is 19.7 Å². The highest BCUT2D eigenvalue weighted by atomic mass is 32.2. The molecule has 0 saturated carbocycles. The molecule has 7 nitrogen and oxygen atoms in total. The zero-order valence-electron chi connectivity index (χ0n) is 16.8. The van der Waals surface area contributed by atoms with Crippen LogP contribution in [0.15, 0.2) is 71.6 Å². The highest BCUT2D eigenvalue weighted by Crippen LogP contribution is 2.39. The van der Waals surface area contributed by atoms with Crippen molar-refractivity contribution in [2.24, 2.45) is 0 Å². The molecule has 3 aromatic carbocycles. The van der Waals surface area contributed by atoms with Gasteiger partial charge in [0.15, 0.2) is 6.61 Å². The summed E-state index contributed by atoms with van der Waals surface area (Å²) in [6, 6.07) is 19.3. The number of sulfonamides is 1. The summed E-state index contributed by atoms with van der Waals surface area (Å²) < 4.78 is 33.4. The normalized spacial score (nSPS) is 16.8. The molecule has 0 atom stereocenters. The Morgan fingerprint density at radius 2 is 1.61 bits per heavy atom. The van der Waals surface area contributed by atoms with E-state index in [1.54, 1.807) is 42.5 Å². The van der Waals surface area contributed by atoms with Gasteiger partial charge < -0.3 is 14.9 Å². The van der Waals surface area contributed by atoms with Crippen molar-refractivity contribution in [2.45, 2.75) is 23.3 Å². The van der Waals surface area contributed by atoms with E-state index >= 15 is 0 Å². The van der Waals surface area contributed by atoms with E-state index in [-0.39, 0.29) is 36.6 Å². The Kier molecular flexibility index (Phi) is 5.70. The van der Waals surface area contributed by atoms with Gasteiger partial charge in [-0.15, -0.1) is 0 Å². The standard InChI is InChI=1S/C23H23NO6S/c25-22(26)16-30-20-10-4-3-9-19(20)23(27)12-14-24(15-13-23)31(28,29)21-11-5-7-17-6-1-2-8-18(17)21/h1-11,27H,12-16H2,(H,25,26). The van der Waals surface area contributed by atoms with Gasteiger partial charge in [0.05, 0.1) is 10.5 Å². The van der Waals surface area contributed by atoms with E-state index in [0.29, 0.717) is 10.9 Å². The summed E-state index contributed by atoms with van der Waals surface area (Å²) in [6.07, 6.45) is 0.342. The fraction of sp³-hybridized carbons (Fsp3) is 0.261. The first kappa shape index (κ1) is 21.3. The predicted octanol–water partition coefficient (Wildman–Crippen LogP) is 2.98. The first-order valence-corrected chi connectivity index (χ1v) is 11.4. The minimum absolute atomic E-state index is 0.134. The number of carbonyl (C=O) groups is 1. The van der Waals surface area contributed by atoms with Crippen molar-refractivity contribution in [3.8, 4) is 5.75 Å². The number of benzene rings is 3. The van der Waals surface area contributed by atoms with Gasteiger partial charge in [-0.25, -0.2) is 13.2 Å². The summed E-state index contributed by atoms with van der Waals surface area (Å²) in [5.74, 6) is -0.824. The van der Waals surface area contributed by atoms with Crippen LogP contribution in [0.5, 0.6) is 5.75 Å². The molecular formula is C23H23NO6S. The second-order valence-electron chi connectivity index (χ2n) is 7.59. The number of carboxylic acid groups (broad SMARTS) is 1. The number of aliphatic hydroxyl groups is 1. The Morgan fingerprint density at radius 1 is 0.968 bits per heavy atom. The van der Waals surface area contributed by atoms with Crippen LogP contribution in [0.2, 0.25) is 0 Å². The zero-order chi connectivity index (χ0) is 22.1. The summed E-state index contributed by atoms with van der Waals surface area (Å²) in [7, 11) is -3.74. The van der Waals surface area contributed by atoms with Gasteiger partial charge in [0.1, 0.15) is 5.75 Å². The summed E-state index contributed by atoms with van der Waals surface area (Å²) in [5, 5.41) is 21.7. The molecule has 1 heterocycles. The van der Waals surface area contributed by atoms with E-state index in [1.807, 2.05) is 24.3 Å². The summed E-state index contributed by atoms with van der Waals surface area (Å²) in [6.45, 7) is -0.251. The average Bonchev–Trinajstić information content (AvgIpc) is 2.77. The molecule has 1 aliphatic heterocycles. The number of hydrogen-bond donors (Lipinski definition) is 2. The third-order valence-corrected chi connectivity index (χ3v) is 7.61. The Hall–Kier alpha value is -2.94. The lowest BCUT2D eigenvalue weighted by atomic mass is 9.84.